The molecule has 0 radical (unpaired) electrons. The average Bonchev–Trinajstić information content (AvgIpc) is 3.60. The molecule has 11 heteroatoms. The standard InChI is InChI=1S/C26H15BrN6O3S/c27-19-10-6-17(7-11-19)24-28-26-32(30-24)25(34)22(37-26)14-18-15-31(20-4-2-1-3-5-20)29-23(18)16-8-12-21(13-9-16)33(35)36/h1-15H. The lowest BCUT2D eigenvalue weighted by atomic mass is 10.1. The second kappa shape index (κ2) is 9.19. The molecular weight excluding hydrogens is 556 g/mol. The number of fused-ring (bicyclic) bond motifs is 1. The number of nitro benzene ring substituents is 1. The lowest BCUT2D eigenvalue weighted by molar-refractivity contribution is -0.384. The summed E-state index contributed by atoms with van der Waals surface area (Å²) in [7, 11) is 0. The Kier molecular flexibility index (Phi) is 5.70. The van der Waals surface area contributed by atoms with Crippen LogP contribution in [0.2, 0.25) is 0 Å². The van der Waals surface area contributed by atoms with Crippen LogP contribution in [0, 0.1) is 10.1 Å². The van der Waals surface area contributed by atoms with E-state index in [-0.39, 0.29) is 11.2 Å². The van der Waals surface area contributed by atoms with E-state index >= 15 is 0 Å². The second-order valence-electron chi connectivity index (χ2n) is 8.07. The Morgan fingerprint density at radius 1 is 0.919 bits per heavy atom. The fourth-order valence-electron chi connectivity index (χ4n) is 3.87. The van der Waals surface area contributed by atoms with Crippen molar-refractivity contribution in [1.82, 2.24) is 24.4 Å². The predicted molar refractivity (Wildman–Crippen MR) is 145 cm³/mol. The smallest absolute Gasteiger partial charge is 0.266 e. The van der Waals surface area contributed by atoms with Gasteiger partial charge in [0.25, 0.3) is 11.2 Å². The molecule has 3 aromatic carbocycles. The summed E-state index contributed by atoms with van der Waals surface area (Å²) in [6, 6.07) is 23.3. The molecule has 6 aromatic rings. The van der Waals surface area contributed by atoms with Crippen molar-refractivity contribution >= 4 is 44.0 Å². The SMILES string of the molecule is O=c1c(=Cc2cn(-c3ccccc3)nc2-c2ccc([N+](=O)[O-])cc2)sc2nc(-c3ccc(Br)cc3)nn12. The number of non-ortho nitro benzene ring substituents is 1. The number of para-hydroxylation sites is 1. The van der Waals surface area contributed by atoms with Crippen molar-refractivity contribution in [3.05, 3.63) is 120 Å². The third-order valence-electron chi connectivity index (χ3n) is 5.69. The summed E-state index contributed by atoms with van der Waals surface area (Å²) in [5.41, 5.74) is 3.34. The molecule has 0 amide bonds. The number of aromatic nitrogens is 5. The Balaban J connectivity index is 1.47. The second-order valence-corrected chi connectivity index (χ2v) is 9.99. The number of hydrogen-bond acceptors (Lipinski definition) is 7. The number of rotatable bonds is 5. The van der Waals surface area contributed by atoms with Crippen LogP contribution in [0.5, 0.6) is 0 Å². The van der Waals surface area contributed by atoms with Crippen molar-refractivity contribution in [2.75, 3.05) is 0 Å². The van der Waals surface area contributed by atoms with Crippen LogP contribution in [0.4, 0.5) is 5.69 Å². The summed E-state index contributed by atoms with van der Waals surface area (Å²) in [5, 5.41) is 20.2. The van der Waals surface area contributed by atoms with E-state index in [1.54, 1.807) is 22.9 Å². The molecule has 3 aromatic heterocycles. The van der Waals surface area contributed by atoms with Gasteiger partial charge in [0, 0.05) is 39.5 Å². The van der Waals surface area contributed by atoms with E-state index in [4.69, 9.17) is 5.10 Å². The van der Waals surface area contributed by atoms with Crippen LogP contribution in [-0.4, -0.2) is 29.3 Å². The zero-order chi connectivity index (χ0) is 25.5. The number of halogens is 1. The molecule has 0 aliphatic carbocycles. The molecule has 0 fully saturated rings. The average molecular weight is 571 g/mol. The number of hydrogen-bond donors (Lipinski definition) is 0. The van der Waals surface area contributed by atoms with Gasteiger partial charge in [-0.15, -0.1) is 5.10 Å². The minimum Gasteiger partial charge on any atom is -0.266 e. The minimum absolute atomic E-state index is 0.00857. The predicted octanol–water partition coefficient (Wildman–Crippen LogP) is 4.89. The summed E-state index contributed by atoms with van der Waals surface area (Å²) < 4.78 is 4.42. The molecule has 0 aliphatic heterocycles. The van der Waals surface area contributed by atoms with Crippen LogP contribution in [0.3, 0.4) is 0 Å². The molecule has 0 saturated carbocycles. The maximum atomic E-state index is 13.2. The van der Waals surface area contributed by atoms with E-state index in [0.717, 1.165) is 15.7 Å². The highest BCUT2D eigenvalue weighted by Gasteiger charge is 2.16. The lowest BCUT2D eigenvalue weighted by Crippen LogP contribution is -2.23. The summed E-state index contributed by atoms with van der Waals surface area (Å²) in [6.45, 7) is 0. The molecule has 0 spiro atoms. The number of nitrogens with zero attached hydrogens (tertiary/aromatic N) is 6. The molecule has 9 nitrogen and oxygen atoms in total. The first-order chi connectivity index (χ1) is 18.0. The van der Waals surface area contributed by atoms with Crippen molar-refractivity contribution < 1.29 is 4.92 Å². The molecule has 0 unspecified atom stereocenters. The van der Waals surface area contributed by atoms with Crippen molar-refractivity contribution in [1.29, 1.82) is 0 Å². The first kappa shape index (κ1) is 23.0. The van der Waals surface area contributed by atoms with E-state index in [2.05, 4.69) is 26.0 Å². The lowest BCUT2D eigenvalue weighted by Gasteiger charge is -2.00. The van der Waals surface area contributed by atoms with E-state index in [1.807, 2.05) is 60.8 Å². The molecule has 37 heavy (non-hydrogen) atoms. The summed E-state index contributed by atoms with van der Waals surface area (Å²) >= 11 is 4.65. The normalized spacial score (nSPS) is 11.9. The molecular formula is C26H15BrN6O3S. The van der Waals surface area contributed by atoms with E-state index in [1.165, 1.54) is 28.0 Å². The van der Waals surface area contributed by atoms with Crippen LogP contribution in [0.1, 0.15) is 5.56 Å². The van der Waals surface area contributed by atoms with Gasteiger partial charge in [-0.25, -0.2) is 4.68 Å². The van der Waals surface area contributed by atoms with Crippen molar-refractivity contribution in [2.45, 2.75) is 0 Å². The van der Waals surface area contributed by atoms with E-state index in [0.29, 0.717) is 32.1 Å². The van der Waals surface area contributed by atoms with Gasteiger partial charge >= 0.3 is 0 Å². The highest BCUT2D eigenvalue weighted by Crippen LogP contribution is 2.26. The van der Waals surface area contributed by atoms with Crippen LogP contribution in [0.25, 0.3) is 39.4 Å². The Morgan fingerprint density at radius 2 is 1.62 bits per heavy atom. The summed E-state index contributed by atoms with van der Waals surface area (Å²) in [6.07, 6.45) is 3.58. The zero-order valence-corrected chi connectivity index (χ0v) is 21.3. The van der Waals surface area contributed by atoms with Crippen molar-refractivity contribution in [3.8, 4) is 28.3 Å². The maximum Gasteiger partial charge on any atom is 0.291 e. The van der Waals surface area contributed by atoms with Crippen molar-refractivity contribution in [2.24, 2.45) is 0 Å². The quantitative estimate of drug-likeness (QED) is 0.216. The topological polar surface area (TPSA) is 108 Å². The maximum absolute atomic E-state index is 13.2. The van der Waals surface area contributed by atoms with Gasteiger partial charge in [0.1, 0.15) is 5.69 Å². The fourth-order valence-corrected chi connectivity index (χ4v) is 5.03. The van der Waals surface area contributed by atoms with Gasteiger partial charge in [-0.2, -0.15) is 14.6 Å². The molecule has 0 atom stereocenters. The Bertz CT molecular complexity index is 1880. The Hall–Kier alpha value is -4.48. The number of benzene rings is 3. The third kappa shape index (κ3) is 4.34. The zero-order valence-electron chi connectivity index (χ0n) is 18.9. The van der Waals surface area contributed by atoms with E-state index < -0.39 is 4.92 Å². The third-order valence-corrected chi connectivity index (χ3v) is 7.17. The van der Waals surface area contributed by atoms with Crippen LogP contribution >= 0.6 is 27.3 Å². The summed E-state index contributed by atoms with van der Waals surface area (Å²) in [5.74, 6) is 0.478. The molecule has 0 N–H and O–H groups in total. The van der Waals surface area contributed by atoms with Gasteiger partial charge in [-0.05, 0) is 42.5 Å². The monoisotopic (exact) mass is 570 g/mol. The van der Waals surface area contributed by atoms with Gasteiger partial charge in [0.15, 0.2) is 5.82 Å². The molecule has 0 saturated heterocycles. The van der Waals surface area contributed by atoms with E-state index in [9.17, 15) is 14.9 Å². The summed E-state index contributed by atoms with van der Waals surface area (Å²) in [4.78, 5) is 28.9. The van der Waals surface area contributed by atoms with Crippen LogP contribution in [0.15, 0.2) is 94.3 Å². The first-order valence-electron chi connectivity index (χ1n) is 11.0. The van der Waals surface area contributed by atoms with Crippen LogP contribution in [-0.2, 0) is 0 Å². The van der Waals surface area contributed by atoms with Gasteiger partial charge in [-0.1, -0.05) is 57.6 Å². The Labute approximate surface area is 221 Å². The molecule has 0 bridgehead atoms. The molecule has 6 rings (SSSR count). The van der Waals surface area contributed by atoms with Gasteiger partial charge in [0.2, 0.25) is 4.96 Å². The largest absolute Gasteiger partial charge is 0.291 e. The fraction of sp³-hybridized carbons (Fsp3) is 0. The van der Waals surface area contributed by atoms with Gasteiger partial charge < -0.3 is 0 Å². The molecule has 3 heterocycles. The van der Waals surface area contributed by atoms with Gasteiger partial charge in [-0.3, -0.25) is 14.9 Å². The van der Waals surface area contributed by atoms with Crippen molar-refractivity contribution in [3.63, 3.8) is 0 Å². The van der Waals surface area contributed by atoms with Crippen LogP contribution < -0.4 is 10.1 Å². The highest BCUT2D eigenvalue weighted by atomic mass is 79.9. The highest BCUT2D eigenvalue weighted by molar-refractivity contribution is 9.10. The molecule has 0 aliphatic rings. The number of nitro groups is 1. The molecule has 180 valence electrons. The first-order valence-corrected chi connectivity index (χ1v) is 12.6. The minimum atomic E-state index is -0.444. The van der Waals surface area contributed by atoms with Gasteiger partial charge in [0.05, 0.1) is 15.1 Å². The Morgan fingerprint density at radius 3 is 2.30 bits per heavy atom. The number of thiazole rings is 1.